The van der Waals surface area contributed by atoms with Gasteiger partial charge in [-0.3, -0.25) is 0 Å². The number of benzene rings is 2. The van der Waals surface area contributed by atoms with E-state index in [1.54, 1.807) is 31.2 Å². The van der Waals surface area contributed by atoms with Gasteiger partial charge in [-0.05, 0) is 30.2 Å². The summed E-state index contributed by atoms with van der Waals surface area (Å²) in [6.07, 6.45) is -0.645. The fourth-order valence-corrected chi connectivity index (χ4v) is 3.56. The Bertz CT molecular complexity index is 710. The fraction of sp³-hybridized carbons (Fsp3) is 0.294. The van der Waals surface area contributed by atoms with Crippen LogP contribution in [0.1, 0.15) is 6.92 Å². The highest BCUT2D eigenvalue weighted by molar-refractivity contribution is 7.89. The van der Waals surface area contributed by atoms with Crippen molar-refractivity contribution in [1.29, 1.82) is 0 Å². The Hall–Kier alpha value is -1.73. The van der Waals surface area contributed by atoms with Crippen LogP contribution in [-0.2, 0) is 19.5 Å². The second kappa shape index (κ2) is 7.70. The van der Waals surface area contributed by atoms with Gasteiger partial charge in [0.1, 0.15) is 0 Å². The minimum atomic E-state index is -3.63. The monoisotopic (exact) mass is 335 g/mol. The Balaban J connectivity index is 2.18. The average molecular weight is 335 g/mol. The van der Waals surface area contributed by atoms with Crippen LogP contribution < -0.4 is 4.72 Å². The number of hydrogen-bond acceptors (Lipinski definition) is 4. The van der Waals surface area contributed by atoms with Crippen LogP contribution >= 0.6 is 0 Å². The topological polar surface area (TPSA) is 64.6 Å². The molecule has 0 fully saturated rings. The van der Waals surface area contributed by atoms with E-state index >= 15 is 0 Å². The molecule has 0 aliphatic carbocycles. The second-order valence-electron chi connectivity index (χ2n) is 5.14. The van der Waals surface area contributed by atoms with Crippen LogP contribution in [0.3, 0.4) is 0 Å². The SMILES string of the molecule is COC(OC)C(C)NS(=O)(=O)c1ccc(-c2ccccc2)cc1. The van der Waals surface area contributed by atoms with E-state index in [0.717, 1.165) is 11.1 Å². The van der Waals surface area contributed by atoms with Gasteiger partial charge in [0.25, 0.3) is 0 Å². The lowest BCUT2D eigenvalue weighted by molar-refractivity contribution is -0.115. The number of ether oxygens (including phenoxy) is 2. The zero-order valence-electron chi connectivity index (χ0n) is 13.4. The van der Waals surface area contributed by atoms with Crippen LogP contribution in [0.5, 0.6) is 0 Å². The van der Waals surface area contributed by atoms with Gasteiger partial charge in [-0.25, -0.2) is 13.1 Å². The molecule has 1 atom stereocenters. The van der Waals surface area contributed by atoms with Crippen LogP contribution in [0.4, 0.5) is 0 Å². The first-order valence-electron chi connectivity index (χ1n) is 7.21. The van der Waals surface area contributed by atoms with Crippen LogP contribution in [0, 0.1) is 0 Å². The maximum absolute atomic E-state index is 12.4. The quantitative estimate of drug-likeness (QED) is 0.790. The van der Waals surface area contributed by atoms with Crippen molar-refractivity contribution in [2.24, 2.45) is 0 Å². The van der Waals surface area contributed by atoms with Crippen molar-refractivity contribution in [2.45, 2.75) is 24.2 Å². The Morgan fingerprint density at radius 1 is 0.870 bits per heavy atom. The molecule has 0 heterocycles. The van der Waals surface area contributed by atoms with E-state index in [1.165, 1.54) is 14.2 Å². The summed E-state index contributed by atoms with van der Waals surface area (Å²) in [5.41, 5.74) is 2.00. The molecule has 124 valence electrons. The standard InChI is InChI=1S/C17H21NO4S/c1-13(17(21-2)22-3)18-23(19,20)16-11-9-15(10-12-16)14-7-5-4-6-8-14/h4-13,17-18H,1-3H3. The molecule has 0 saturated carbocycles. The molecule has 6 heteroatoms. The number of methoxy groups -OCH3 is 2. The van der Waals surface area contributed by atoms with Gasteiger partial charge in [0, 0.05) is 14.2 Å². The van der Waals surface area contributed by atoms with Crippen molar-refractivity contribution in [3.8, 4) is 11.1 Å². The molecule has 2 aromatic carbocycles. The molecule has 0 radical (unpaired) electrons. The van der Waals surface area contributed by atoms with Crippen molar-refractivity contribution in [2.75, 3.05) is 14.2 Å². The molecule has 1 unspecified atom stereocenters. The van der Waals surface area contributed by atoms with Crippen molar-refractivity contribution in [3.63, 3.8) is 0 Å². The number of nitrogens with one attached hydrogen (secondary N) is 1. The number of rotatable bonds is 7. The van der Waals surface area contributed by atoms with Gasteiger partial charge in [0.15, 0.2) is 6.29 Å². The maximum Gasteiger partial charge on any atom is 0.240 e. The van der Waals surface area contributed by atoms with Crippen molar-refractivity contribution >= 4 is 10.0 Å². The van der Waals surface area contributed by atoms with Crippen molar-refractivity contribution in [1.82, 2.24) is 4.72 Å². The van der Waals surface area contributed by atoms with Gasteiger partial charge in [0.05, 0.1) is 10.9 Å². The maximum atomic E-state index is 12.4. The van der Waals surface area contributed by atoms with Crippen LogP contribution in [0.2, 0.25) is 0 Å². The Labute approximate surface area is 137 Å². The van der Waals surface area contributed by atoms with E-state index in [1.807, 2.05) is 30.3 Å². The van der Waals surface area contributed by atoms with Gasteiger partial charge in [-0.1, -0.05) is 42.5 Å². The molecule has 2 aromatic rings. The molecular weight excluding hydrogens is 314 g/mol. The van der Waals surface area contributed by atoms with E-state index in [-0.39, 0.29) is 4.90 Å². The molecule has 0 saturated heterocycles. The molecule has 2 rings (SSSR count). The Morgan fingerprint density at radius 3 is 1.91 bits per heavy atom. The van der Waals surface area contributed by atoms with E-state index < -0.39 is 22.4 Å². The molecule has 5 nitrogen and oxygen atoms in total. The molecule has 0 aliphatic rings. The fourth-order valence-electron chi connectivity index (χ4n) is 2.33. The minimum absolute atomic E-state index is 0.204. The lowest BCUT2D eigenvalue weighted by Crippen LogP contribution is -2.42. The molecule has 1 N–H and O–H groups in total. The van der Waals surface area contributed by atoms with E-state index in [2.05, 4.69) is 4.72 Å². The molecule has 0 spiro atoms. The summed E-state index contributed by atoms with van der Waals surface area (Å²) in [4.78, 5) is 0.204. The summed E-state index contributed by atoms with van der Waals surface area (Å²) >= 11 is 0. The summed E-state index contributed by atoms with van der Waals surface area (Å²) in [6.45, 7) is 1.69. The molecule has 0 bridgehead atoms. The smallest absolute Gasteiger partial charge is 0.240 e. The molecule has 0 aliphatic heterocycles. The molecular formula is C17H21NO4S. The third-order valence-corrected chi connectivity index (χ3v) is 5.06. The summed E-state index contributed by atoms with van der Waals surface area (Å²) in [6, 6.07) is 16.0. The Morgan fingerprint density at radius 2 is 1.39 bits per heavy atom. The highest BCUT2D eigenvalue weighted by Gasteiger charge is 2.23. The summed E-state index contributed by atoms with van der Waals surface area (Å²) in [5, 5.41) is 0. The summed E-state index contributed by atoms with van der Waals surface area (Å²) in [7, 11) is -0.702. The zero-order valence-corrected chi connectivity index (χ0v) is 14.2. The zero-order chi connectivity index (χ0) is 16.9. The van der Waals surface area contributed by atoms with Gasteiger partial charge < -0.3 is 9.47 Å². The number of hydrogen-bond donors (Lipinski definition) is 1. The lowest BCUT2D eigenvalue weighted by Gasteiger charge is -2.22. The van der Waals surface area contributed by atoms with Crippen LogP contribution in [0.15, 0.2) is 59.5 Å². The van der Waals surface area contributed by atoms with Gasteiger partial charge >= 0.3 is 0 Å². The normalized spacial score (nSPS) is 13.2. The Kier molecular flexibility index (Phi) is 5.90. The average Bonchev–Trinajstić information content (AvgIpc) is 2.56. The van der Waals surface area contributed by atoms with E-state index in [9.17, 15) is 8.42 Å². The van der Waals surface area contributed by atoms with Crippen LogP contribution in [0.25, 0.3) is 11.1 Å². The largest absolute Gasteiger partial charge is 0.354 e. The summed E-state index contributed by atoms with van der Waals surface area (Å²) < 4.78 is 37.5. The van der Waals surface area contributed by atoms with Gasteiger partial charge in [0.2, 0.25) is 10.0 Å². The van der Waals surface area contributed by atoms with Crippen molar-refractivity contribution < 1.29 is 17.9 Å². The highest BCUT2D eigenvalue weighted by Crippen LogP contribution is 2.21. The van der Waals surface area contributed by atoms with Gasteiger partial charge in [-0.15, -0.1) is 0 Å². The van der Waals surface area contributed by atoms with Gasteiger partial charge in [-0.2, -0.15) is 0 Å². The molecule has 0 aromatic heterocycles. The lowest BCUT2D eigenvalue weighted by atomic mass is 10.1. The third-order valence-electron chi connectivity index (χ3n) is 3.49. The predicted molar refractivity (Wildman–Crippen MR) is 89.5 cm³/mol. The van der Waals surface area contributed by atoms with Crippen LogP contribution in [-0.4, -0.2) is 35.0 Å². The predicted octanol–water partition coefficient (Wildman–Crippen LogP) is 2.64. The van der Waals surface area contributed by atoms with Crippen molar-refractivity contribution in [3.05, 3.63) is 54.6 Å². The summed E-state index contributed by atoms with van der Waals surface area (Å²) in [5.74, 6) is 0. The number of sulfonamides is 1. The van der Waals surface area contributed by atoms with E-state index in [0.29, 0.717) is 0 Å². The first-order chi connectivity index (χ1) is 11.0. The molecule has 23 heavy (non-hydrogen) atoms. The molecule has 0 amide bonds. The highest BCUT2D eigenvalue weighted by atomic mass is 32.2. The van der Waals surface area contributed by atoms with E-state index in [4.69, 9.17) is 9.47 Å². The first-order valence-corrected chi connectivity index (χ1v) is 8.69. The minimum Gasteiger partial charge on any atom is -0.354 e. The first kappa shape index (κ1) is 17.6. The third kappa shape index (κ3) is 4.39. The second-order valence-corrected chi connectivity index (χ2v) is 6.85.